The molecule has 6 nitrogen and oxygen atoms in total. The summed E-state index contributed by atoms with van der Waals surface area (Å²) < 4.78 is 3.11. The second-order valence-corrected chi connectivity index (χ2v) is 8.23. The number of hydrogen-bond donors (Lipinski definition) is 2. The zero-order valence-electron chi connectivity index (χ0n) is 17.6. The predicted octanol–water partition coefficient (Wildman–Crippen LogP) is 5.10. The Balaban J connectivity index is 1.45. The molecule has 0 spiro atoms. The zero-order chi connectivity index (χ0) is 22.7. The number of anilines is 1. The summed E-state index contributed by atoms with van der Waals surface area (Å²) in [6.45, 7) is 3.98. The summed E-state index contributed by atoms with van der Waals surface area (Å²) in [6.07, 6.45) is 1.54. The lowest BCUT2D eigenvalue weighted by Crippen LogP contribution is -2.32. The van der Waals surface area contributed by atoms with Gasteiger partial charge in [-0.25, -0.2) is 5.43 Å². The first-order chi connectivity index (χ1) is 15.4. The Labute approximate surface area is 194 Å². The molecule has 0 fully saturated rings. The highest BCUT2D eigenvalue weighted by Gasteiger charge is 2.15. The monoisotopic (exact) mass is 488 g/mol. The molecule has 4 rings (SSSR count). The number of carbonyl (C=O) groups is 2. The van der Waals surface area contributed by atoms with Crippen LogP contribution in [-0.4, -0.2) is 22.6 Å². The van der Waals surface area contributed by atoms with E-state index in [1.165, 1.54) is 0 Å². The summed E-state index contributed by atoms with van der Waals surface area (Å²) in [5.41, 5.74) is 6.76. The van der Waals surface area contributed by atoms with Crippen LogP contribution in [0.4, 0.5) is 5.69 Å². The number of hydrogen-bond acceptors (Lipinski definition) is 3. The fraction of sp³-hybridized carbons (Fsp3) is 0.0800. The van der Waals surface area contributed by atoms with Crippen molar-refractivity contribution < 1.29 is 9.59 Å². The van der Waals surface area contributed by atoms with E-state index in [9.17, 15) is 9.59 Å². The smallest absolute Gasteiger partial charge is 0.318 e. The lowest BCUT2D eigenvalue weighted by atomic mass is 10.1. The summed E-state index contributed by atoms with van der Waals surface area (Å²) in [6, 6.07) is 23.1. The molecule has 2 amide bonds. The molecule has 0 atom stereocenters. The van der Waals surface area contributed by atoms with Crippen LogP contribution >= 0.6 is 15.9 Å². The number of amides is 2. The van der Waals surface area contributed by atoms with Crippen molar-refractivity contribution in [3.8, 4) is 5.69 Å². The highest BCUT2D eigenvalue weighted by atomic mass is 79.9. The van der Waals surface area contributed by atoms with Gasteiger partial charge in [0.1, 0.15) is 0 Å². The van der Waals surface area contributed by atoms with E-state index in [-0.39, 0.29) is 0 Å². The fourth-order valence-electron chi connectivity index (χ4n) is 3.63. The van der Waals surface area contributed by atoms with Gasteiger partial charge in [0.15, 0.2) is 0 Å². The van der Waals surface area contributed by atoms with Gasteiger partial charge in [-0.05, 0) is 55.6 Å². The number of aromatic nitrogens is 1. The molecule has 0 aliphatic carbocycles. The molecule has 0 radical (unpaired) electrons. The van der Waals surface area contributed by atoms with Gasteiger partial charge >= 0.3 is 11.8 Å². The van der Waals surface area contributed by atoms with Crippen LogP contribution in [0.2, 0.25) is 0 Å². The summed E-state index contributed by atoms with van der Waals surface area (Å²) >= 11 is 3.45. The molecule has 1 heterocycles. The Bertz CT molecular complexity index is 1330. The first kappa shape index (κ1) is 21.5. The number of fused-ring (bicyclic) bond motifs is 1. The van der Waals surface area contributed by atoms with Crippen LogP contribution in [-0.2, 0) is 9.59 Å². The van der Waals surface area contributed by atoms with E-state index < -0.39 is 11.8 Å². The van der Waals surface area contributed by atoms with Crippen LogP contribution in [0.1, 0.15) is 17.0 Å². The van der Waals surface area contributed by atoms with E-state index in [0.29, 0.717) is 5.69 Å². The molecular formula is C25H21BrN4O2. The zero-order valence-corrected chi connectivity index (χ0v) is 19.2. The number of halogens is 1. The van der Waals surface area contributed by atoms with Crippen LogP contribution in [0.3, 0.4) is 0 Å². The Morgan fingerprint density at radius 2 is 1.66 bits per heavy atom. The van der Waals surface area contributed by atoms with Crippen molar-refractivity contribution in [3.05, 3.63) is 94.2 Å². The van der Waals surface area contributed by atoms with E-state index in [0.717, 1.165) is 37.9 Å². The minimum absolute atomic E-state index is 0.574. The van der Waals surface area contributed by atoms with Crippen LogP contribution in [0.25, 0.3) is 16.5 Å². The van der Waals surface area contributed by atoms with Crippen LogP contribution in [0.5, 0.6) is 0 Å². The Kier molecular flexibility index (Phi) is 6.18. The standard InChI is InChI=1S/C25H21BrN4O2/c1-16-14-19(17(2)30(16)21-12-10-20(26)11-13-21)15-27-29-25(32)24(31)28-23-9-5-7-18-6-3-4-8-22(18)23/h3-15H,1-2H3,(H,28,31)(H,29,32)/b27-15-. The molecule has 32 heavy (non-hydrogen) atoms. The van der Waals surface area contributed by atoms with E-state index in [4.69, 9.17) is 0 Å². The van der Waals surface area contributed by atoms with Gasteiger partial charge in [0.2, 0.25) is 0 Å². The van der Waals surface area contributed by atoms with Gasteiger partial charge in [-0.15, -0.1) is 0 Å². The van der Waals surface area contributed by atoms with Crippen molar-refractivity contribution in [1.29, 1.82) is 0 Å². The first-order valence-corrected chi connectivity index (χ1v) is 10.8. The summed E-state index contributed by atoms with van der Waals surface area (Å²) in [5.74, 6) is -1.62. The SMILES string of the molecule is Cc1cc(/C=N\NC(=O)C(=O)Nc2cccc3ccccc23)c(C)n1-c1ccc(Br)cc1. The molecule has 0 bridgehead atoms. The molecule has 0 aliphatic heterocycles. The minimum atomic E-state index is -0.837. The highest BCUT2D eigenvalue weighted by molar-refractivity contribution is 9.10. The van der Waals surface area contributed by atoms with Gasteiger partial charge in [-0.2, -0.15) is 5.10 Å². The van der Waals surface area contributed by atoms with E-state index in [1.807, 2.05) is 80.6 Å². The van der Waals surface area contributed by atoms with Gasteiger partial charge in [-0.3, -0.25) is 9.59 Å². The maximum Gasteiger partial charge on any atom is 0.329 e. The lowest BCUT2D eigenvalue weighted by molar-refractivity contribution is -0.136. The Hall–Kier alpha value is -3.71. The molecule has 0 saturated heterocycles. The molecule has 0 saturated carbocycles. The second-order valence-electron chi connectivity index (χ2n) is 7.32. The molecule has 4 aromatic rings. The lowest BCUT2D eigenvalue weighted by Gasteiger charge is -2.09. The topological polar surface area (TPSA) is 75.5 Å². The Morgan fingerprint density at radius 1 is 0.938 bits per heavy atom. The number of rotatable bonds is 4. The summed E-state index contributed by atoms with van der Waals surface area (Å²) in [4.78, 5) is 24.6. The van der Waals surface area contributed by atoms with Crippen LogP contribution in [0, 0.1) is 13.8 Å². The number of carbonyl (C=O) groups excluding carboxylic acids is 2. The normalized spacial score (nSPS) is 11.1. The molecule has 7 heteroatoms. The second kappa shape index (κ2) is 9.20. The van der Waals surface area contributed by atoms with E-state index in [1.54, 1.807) is 12.3 Å². The minimum Gasteiger partial charge on any atom is -0.318 e. The first-order valence-electron chi connectivity index (χ1n) is 10.0. The molecule has 2 N–H and O–H groups in total. The maximum absolute atomic E-state index is 12.3. The van der Waals surface area contributed by atoms with Crippen LogP contribution in [0.15, 0.2) is 82.4 Å². The van der Waals surface area contributed by atoms with Crippen molar-refractivity contribution >= 4 is 50.4 Å². The summed E-state index contributed by atoms with van der Waals surface area (Å²) in [7, 11) is 0. The maximum atomic E-state index is 12.3. The third-order valence-corrected chi connectivity index (χ3v) is 5.70. The third-order valence-electron chi connectivity index (χ3n) is 5.17. The largest absolute Gasteiger partial charge is 0.329 e. The van der Waals surface area contributed by atoms with Crippen molar-refractivity contribution in [2.75, 3.05) is 5.32 Å². The van der Waals surface area contributed by atoms with E-state index >= 15 is 0 Å². The van der Waals surface area contributed by atoms with Crippen molar-refractivity contribution in [2.45, 2.75) is 13.8 Å². The summed E-state index contributed by atoms with van der Waals surface area (Å²) in [5, 5.41) is 8.47. The van der Waals surface area contributed by atoms with Gasteiger partial charge in [-0.1, -0.05) is 52.3 Å². The average molecular weight is 489 g/mol. The van der Waals surface area contributed by atoms with E-state index in [2.05, 4.69) is 36.3 Å². The average Bonchev–Trinajstić information content (AvgIpc) is 3.07. The van der Waals surface area contributed by atoms with Crippen molar-refractivity contribution in [2.24, 2.45) is 5.10 Å². The fourth-order valence-corrected chi connectivity index (χ4v) is 3.89. The number of hydrazone groups is 1. The van der Waals surface area contributed by atoms with Gasteiger partial charge in [0, 0.05) is 38.2 Å². The quantitative estimate of drug-likeness (QED) is 0.238. The third kappa shape index (κ3) is 4.48. The Morgan fingerprint density at radius 3 is 2.44 bits per heavy atom. The predicted molar refractivity (Wildman–Crippen MR) is 131 cm³/mol. The number of aryl methyl sites for hydroxylation is 1. The van der Waals surface area contributed by atoms with Gasteiger partial charge in [0.05, 0.1) is 6.21 Å². The molecule has 0 unspecified atom stereocenters. The number of nitrogens with one attached hydrogen (secondary N) is 2. The molecule has 0 aliphatic rings. The van der Waals surface area contributed by atoms with Crippen LogP contribution < -0.4 is 10.7 Å². The van der Waals surface area contributed by atoms with Gasteiger partial charge < -0.3 is 9.88 Å². The molecular weight excluding hydrogens is 468 g/mol. The van der Waals surface area contributed by atoms with Crippen molar-refractivity contribution in [1.82, 2.24) is 9.99 Å². The molecule has 160 valence electrons. The number of benzene rings is 3. The van der Waals surface area contributed by atoms with Crippen molar-refractivity contribution in [3.63, 3.8) is 0 Å². The molecule has 3 aromatic carbocycles. The van der Waals surface area contributed by atoms with Gasteiger partial charge in [0.25, 0.3) is 0 Å². The highest BCUT2D eigenvalue weighted by Crippen LogP contribution is 2.23. The number of nitrogens with zero attached hydrogens (tertiary/aromatic N) is 2. The molecule has 1 aromatic heterocycles.